The predicted octanol–water partition coefficient (Wildman–Crippen LogP) is 9.14. The second kappa shape index (κ2) is 45.5. The molecular weight excluding hydrogens is 1950 g/mol. The van der Waals surface area contributed by atoms with Crippen LogP contribution >= 0.6 is 24.5 Å². The van der Waals surface area contributed by atoms with Crippen LogP contribution in [0.5, 0.6) is 0 Å². The van der Waals surface area contributed by atoms with Gasteiger partial charge < -0.3 is 65.6 Å². The largest absolute Gasteiger partial charge is 0.603 e. The maximum atomic E-state index is 13.9. The van der Waals surface area contributed by atoms with E-state index < -0.39 is 142 Å². The van der Waals surface area contributed by atoms with Crippen molar-refractivity contribution >= 4 is 140 Å². The molecule has 0 spiro atoms. The molecule has 6 aromatic rings. The van der Waals surface area contributed by atoms with Crippen LogP contribution < -0.4 is 40.8 Å². The molecule has 2 amide bonds. The number of phosphoric ester groups is 2. The molecule has 42 nitrogen and oxygen atoms in total. The van der Waals surface area contributed by atoms with Crippen LogP contribution in [0.25, 0.3) is 11.2 Å². The Kier molecular flexibility index (Phi) is 36.0. The number of anilines is 3. The van der Waals surface area contributed by atoms with Crippen molar-refractivity contribution in [1.29, 1.82) is 0 Å². The van der Waals surface area contributed by atoms with Crippen molar-refractivity contribution in [3.05, 3.63) is 192 Å². The fourth-order valence-corrected chi connectivity index (χ4v) is 23.2. The number of aliphatic hydroxyl groups excluding tert-OH is 1. The highest BCUT2D eigenvalue weighted by Crippen LogP contribution is 2.72. The highest BCUT2D eigenvalue weighted by Gasteiger charge is 2.57. The molecule has 14 N–H and O–H groups in total. The first-order chi connectivity index (χ1) is 65.1. The summed E-state index contributed by atoms with van der Waals surface area (Å²) in [5.41, 5.74) is 10.6. The topological polar surface area (TPSA) is 638 Å². The predicted molar refractivity (Wildman–Crippen MR) is 509 cm³/mol. The van der Waals surface area contributed by atoms with Crippen molar-refractivity contribution in [2.45, 2.75) is 224 Å². The Morgan fingerprint density at radius 2 is 0.906 bits per heavy atom. The molecule has 49 heteroatoms. The van der Waals surface area contributed by atoms with Crippen LogP contribution in [0.3, 0.4) is 0 Å². The third-order valence-electron chi connectivity index (χ3n) is 24.6. The first kappa shape index (κ1) is 110. The van der Waals surface area contributed by atoms with E-state index in [9.17, 15) is 111 Å². The van der Waals surface area contributed by atoms with Crippen LogP contribution in [0.4, 0.5) is 28.6 Å². The number of allylic oxidation sites excluding steroid dienone is 14. The average molecular weight is 2070 g/mol. The second-order valence-corrected chi connectivity index (χ2v) is 46.3. The molecule has 5 aliphatic heterocycles. The second-order valence-electron chi connectivity index (χ2n) is 35.9. The SMILES string of the molecule is CC1(C)C(=CC=CC=CC=CC2=[N+](CC(=O)NCCCCCCO[C@@H]3[C@H](O)[C@@H](CO[P+]([O-])(O)O[P+]([O-])(O)O[P+]([O-])(O)OCCCCCCNC(=O)C[N+]4=C(C=CC=CC=C5N(CCCCCC(=O)O)c6ccc(S(=O)(=O)O)cc6C5(C)C)C(C)(C)c5cc(S(=O)(=O)O)ccc54)O[C@H]3n3cnc4c(N)ncnc43)c3ccc(S(=O)(=O)O)cc3C2(C)C)N(CCCCCC(=O)O)c2ccc(S(=O)(=O)O)cc21. The Morgan fingerprint density at radius 3 is 1.36 bits per heavy atom. The van der Waals surface area contributed by atoms with E-state index in [2.05, 4.69) is 39.1 Å². The molecule has 139 heavy (non-hydrogen) atoms. The molecule has 756 valence electrons. The Morgan fingerprint density at radius 1 is 0.504 bits per heavy atom. The number of hydrogen-bond acceptors (Lipinski definition) is 31. The standard InChI is InChI=1S/C90H116N11O31P3S4/c1-87(2)64-51-60(136(115,116)117)37-41-68(64)97(47-27-17-23-35-79(104)105)73(87)31-19-10-9-11-20-33-75-89(5,6)66-53-62(138(121,122)123)39-43-70(66)99(75)55-77(102)92-45-25-12-14-29-49-127-83-82(108)72(130-86(83)101-59-96-81-84(91)94-58-95-85(81)101)57-129-134(111,112)132-135(113,114)131-133(109,110)128-50-30-15-13-26-46-93-78(103)56-100-71-44-40-63(139(124,125)126)54-67(71)90(7,8)76(100)34-22-16-21-32-74-88(3,4)65-52-61(137(118,119)120)38-42-69(65)98(74)48-28-18-24-36-80(106)107/h9-11,16,19-22,31-34,37-44,51-54,58-59,72,82-83,86,108H,12-15,17-18,23-30,35-36,45-50,55-57H2,1-8H3,(H11-2,91,92,93,94,95,102,103,104,105,106,107,109,110,111,112,113,114,115,116,117,118,119,120,121,122,123,124,125,126)/p+2/t72-,82-,83-,86-/m1/s1. The molecule has 1 saturated heterocycles. The molecule has 0 radical (unpaired) electrons. The minimum absolute atomic E-state index is 0.00550. The number of imidazole rings is 1. The van der Waals surface area contributed by atoms with Crippen molar-refractivity contribution in [2.75, 3.05) is 74.6 Å². The van der Waals surface area contributed by atoms with Crippen LogP contribution in [-0.2, 0) is 108 Å². The summed E-state index contributed by atoms with van der Waals surface area (Å²) in [5, 5.41) is 35.9. The van der Waals surface area contributed by atoms with Gasteiger partial charge in [-0.25, -0.2) is 15.0 Å². The van der Waals surface area contributed by atoms with E-state index in [1.807, 2.05) is 78.5 Å². The number of carboxylic acid groups (broad SMARTS) is 2. The van der Waals surface area contributed by atoms with E-state index in [1.165, 1.54) is 71.6 Å². The molecule has 0 bridgehead atoms. The molecule has 4 aromatic carbocycles. The Labute approximate surface area is 807 Å². The number of ether oxygens (including phenoxy) is 2. The summed E-state index contributed by atoms with van der Waals surface area (Å²) in [6.45, 7) is 14.3. The number of phosphoric acid groups is 3. The average Bonchev–Trinajstić information content (AvgIpc) is 1.60. The Hall–Kier alpha value is -9.36. The first-order valence-corrected chi connectivity index (χ1v) is 55.0. The number of carbonyl (C=O) groups is 4. The Bertz CT molecular complexity index is 6370. The highest BCUT2D eigenvalue weighted by molar-refractivity contribution is 7.86. The van der Waals surface area contributed by atoms with Gasteiger partial charge >= 0.3 is 36.4 Å². The minimum atomic E-state index is -6.00. The van der Waals surface area contributed by atoms with Gasteiger partial charge in [-0.1, -0.05) is 115 Å². The number of nitrogens with one attached hydrogen (secondary N) is 2. The number of carboxylic acids is 2. The lowest BCUT2D eigenvalue weighted by Gasteiger charge is -2.27. The number of unbranched alkanes of at least 4 members (excludes halogenated alkanes) is 10. The molecule has 7 heterocycles. The normalized spacial score (nSPS) is 20.4. The number of nitrogens with two attached hydrogens (primary N) is 1. The van der Waals surface area contributed by atoms with Gasteiger partial charge in [-0.15, -0.1) is 0 Å². The van der Waals surface area contributed by atoms with E-state index in [4.69, 9.17) is 29.4 Å². The van der Waals surface area contributed by atoms with E-state index in [0.29, 0.717) is 147 Å². The summed E-state index contributed by atoms with van der Waals surface area (Å²) in [6.07, 6.45) is 24.6. The third kappa shape index (κ3) is 27.8. The molecule has 3 unspecified atom stereocenters. The summed E-state index contributed by atoms with van der Waals surface area (Å²) in [4.78, 5) is 136. The summed E-state index contributed by atoms with van der Waals surface area (Å²) in [6, 6.07) is 17.0. The van der Waals surface area contributed by atoms with E-state index in [0.717, 1.165) is 23.4 Å². The van der Waals surface area contributed by atoms with Crippen LogP contribution in [0, 0.1) is 0 Å². The molecule has 11 rings (SSSR count). The highest BCUT2D eigenvalue weighted by atomic mass is 32.2. The van der Waals surface area contributed by atoms with Crippen molar-refractivity contribution in [2.24, 2.45) is 0 Å². The molecule has 5 aliphatic rings. The number of carbonyl (C=O) groups excluding carboxylic acids is 2. The van der Waals surface area contributed by atoms with Crippen LogP contribution in [0.15, 0.2) is 189 Å². The number of aliphatic hydroxyl groups is 1. The number of nitrogen functional groups attached to an aromatic ring is 1. The van der Waals surface area contributed by atoms with Crippen LogP contribution in [0.1, 0.15) is 187 Å². The van der Waals surface area contributed by atoms with Gasteiger partial charge in [-0.2, -0.15) is 66.5 Å². The van der Waals surface area contributed by atoms with Gasteiger partial charge in [-0.3, -0.25) is 42.0 Å². The summed E-state index contributed by atoms with van der Waals surface area (Å²) in [7, 11) is -35.6. The van der Waals surface area contributed by atoms with Crippen molar-refractivity contribution < 1.29 is 152 Å². The number of aliphatic carboxylic acids is 2. The molecular formula is C90H118N11O31P3S4+2. The van der Waals surface area contributed by atoms with Crippen LogP contribution in [0.2, 0.25) is 0 Å². The number of fused-ring (bicyclic) bond motifs is 5. The molecule has 2 aromatic heterocycles. The van der Waals surface area contributed by atoms with Crippen LogP contribution in [-0.4, -0.2) is 223 Å². The van der Waals surface area contributed by atoms with E-state index in [1.54, 1.807) is 76.0 Å². The zero-order valence-electron chi connectivity index (χ0n) is 77.7. The lowest BCUT2D eigenvalue weighted by Crippen LogP contribution is -2.36. The maximum absolute atomic E-state index is 13.9. The fourth-order valence-electron chi connectivity index (χ4n) is 17.6. The van der Waals surface area contributed by atoms with Gasteiger partial charge in [0.05, 0.1) is 43.3 Å². The monoisotopic (exact) mass is 2070 g/mol. The number of nitrogens with zero attached hydrogens (tertiary/aromatic N) is 8. The molecule has 0 saturated carbocycles. The number of aromatic nitrogens is 4. The Balaban J connectivity index is 0.634. The molecule has 7 atom stereocenters. The first-order valence-electron chi connectivity index (χ1n) is 44.7. The smallest absolute Gasteiger partial charge is 0.487 e. The third-order valence-corrected chi connectivity index (χ3v) is 32.3. The van der Waals surface area contributed by atoms with E-state index >= 15 is 0 Å². The van der Waals surface area contributed by atoms with Gasteiger partial charge in [0.15, 0.2) is 29.1 Å². The van der Waals surface area contributed by atoms with Gasteiger partial charge in [0.25, 0.3) is 52.3 Å². The minimum Gasteiger partial charge on any atom is -0.603 e. The summed E-state index contributed by atoms with van der Waals surface area (Å²) in [5.74, 6) is -2.63. The zero-order chi connectivity index (χ0) is 102. The lowest BCUT2D eigenvalue weighted by molar-refractivity contribution is -0.425. The summed E-state index contributed by atoms with van der Waals surface area (Å²) < 4.78 is 174. The van der Waals surface area contributed by atoms with Gasteiger partial charge in [-0.05, 0) is 163 Å². The van der Waals surface area contributed by atoms with Crippen molar-refractivity contribution in [3.63, 3.8) is 0 Å². The number of benzene rings is 4. The van der Waals surface area contributed by atoms with Crippen molar-refractivity contribution in [1.82, 2.24) is 30.2 Å². The number of hydrogen-bond donors (Lipinski definition) is 13. The molecule has 1 fully saturated rings. The van der Waals surface area contributed by atoms with Gasteiger partial charge in [0.1, 0.15) is 36.8 Å². The number of rotatable bonds is 51. The fraction of sp³-hybridized carbons (Fsp3) is 0.456. The van der Waals surface area contributed by atoms with Gasteiger partial charge in [0.2, 0.25) is 24.5 Å². The molecule has 0 aliphatic carbocycles. The quantitative estimate of drug-likeness (QED) is 0.00556. The maximum Gasteiger partial charge on any atom is 0.487 e. The zero-order valence-corrected chi connectivity index (χ0v) is 83.6. The van der Waals surface area contributed by atoms with Gasteiger partial charge in [0, 0.05) is 123 Å². The number of amides is 2. The summed E-state index contributed by atoms with van der Waals surface area (Å²) >= 11 is 0. The lowest BCUT2D eigenvalue weighted by atomic mass is 9.81. The van der Waals surface area contributed by atoms with Crippen molar-refractivity contribution in [3.8, 4) is 0 Å². The van der Waals surface area contributed by atoms with E-state index in [-0.39, 0.29) is 94.5 Å².